The van der Waals surface area contributed by atoms with Crippen LogP contribution in [0, 0.1) is 0 Å². The zero-order valence-corrected chi connectivity index (χ0v) is 17.8. The van der Waals surface area contributed by atoms with Crippen LogP contribution in [0.15, 0.2) is 58.0 Å². The molecular formula is C21H23ClN6O2. The van der Waals surface area contributed by atoms with Gasteiger partial charge < -0.3 is 20.1 Å². The Morgan fingerprint density at radius 3 is 2.53 bits per heavy atom. The van der Waals surface area contributed by atoms with Crippen molar-refractivity contribution in [2.75, 3.05) is 21.1 Å². The van der Waals surface area contributed by atoms with E-state index >= 15 is 0 Å². The number of halogens is 1. The molecule has 3 rings (SSSR count). The maximum atomic E-state index is 12.0. The first-order chi connectivity index (χ1) is 14.5. The Morgan fingerprint density at radius 1 is 1.13 bits per heavy atom. The lowest BCUT2D eigenvalue weighted by Gasteiger charge is -2.12. The molecule has 0 aliphatic heterocycles. The van der Waals surface area contributed by atoms with Gasteiger partial charge in [-0.25, -0.2) is 0 Å². The highest BCUT2D eigenvalue weighted by Crippen LogP contribution is 2.19. The van der Waals surface area contributed by atoms with Crippen LogP contribution in [0.5, 0.6) is 0 Å². The van der Waals surface area contributed by atoms with Gasteiger partial charge in [0.05, 0.1) is 6.54 Å². The van der Waals surface area contributed by atoms with Crippen molar-refractivity contribution in [1.29, 1.82) is 0 Å². The van der Waals surface area contributed by atoms with Crippen molar-refractivity contribution in [2.24, 2.45) is 4.99 Å². The third-order valence-electron chi connectivity index (χ3n) is 4.25. The van der Waals surface area contributed by atoms with Crippen LogP contribution in [0.25, 0.3) is 11.4 Å². The van der Waals surface area contributed by atoms with Crippen molar-refractivity contribution in [3.8, 4) is 11.4 Å². The van der Waals surface area contributed by atoms with E-state index in [1.807, 2.05) is 36.4 Å². The summed E-state index contributed by atoms with van der Waals surface area (Å²) in [6.45, 7) is 0.872. The first kappa shape index (κ1) is 21.3. The SMILES string of the molecule is CN=C(NCc1ccc(C(=O)N(C)C)cc1)NCc1nc(-c2cccc(Cl)c2)no1. The van der Waals surface area contributed by atoms with Crippen molar-refractivity contribution in [3.63, 3.8) is 0 Å². The zero-order chi connectivity index (χ0) is 21.5. The lowest BCUT2D eigenvalue weighted by molar-refractivity contribution is 0.0827. The van der Waals surface area contributed by atoms with Crippen LogP contribution in [0.2, 0.25) is 5.02 Å². The third-order valence-corrected chi connectivity index (χ3v) is 4.48. The molecule has 3 aromatic rings. The van der Waals surface area contributed by atoms with E-state index < -0.39 is 0 Å². The van der Waals surface area contributed by atoms with Gasteiger partial charge in [-0.15, -0.1) is 0 Å². The van der Waals surface area contributed by atoms with Crippen molar-refractivity contribution >= 4 is 23.5 Å². The van der Waals surface area contributed by atoms with E-state index in [4.69, 9.17) is 16.1 Å². The van der Waals surface area contributed by atoms with E-state index in [0.717, 1.165) is 11.1 Å². The second-order valence-corrected chi connectivity index (χ2v) is 7.13. The second-order valence-electron chi connectivity index (χ2n) is 6.70. The summed E-state index contributed by atoms with van der Waals surface area (Å²) in [6.07, 6.45) is 0. The fraction of sp³-hybridized carbons (Fsp3) is 0.238. The number of amides is 1. The zero-order valence-electron chi connectivity index (χ0n) is 17.0. The largest absolute Gasteiger partial charge is 0.352 e. The Labute approximate surface area is 180 Å². The van der Waals surface area contributed by atoms with Crippen LogP contribution in [0.3, 0.4) is 0 Å². The molecule has 9 heteroatoms. The highest BCUT2D eigenvalue weighted by atomic mass is 35.5. The van der Waals surface area contributed by atoms with Gasteiger partial charge in [-0.1, -0.05) is 41.0 Å². The van der Waals surface area contributed by atoms with Crippen molar-refractivity contribution < 1.29 is 9.32 Å². The summed E-state index contributed by atoms with van der Waals surface area (Å²) < 4.78 is 5.29. The maximum absolute atomic E-state index is 12.0. The number of rotatable bonds is 6. The first-order valence-electron chi connectivity index (χ1n) is 9.30. The Kier molecular flexibility index (Phi) is 7.03. The van der Waals surface area contributed by atoms with Gasteiger partial charge in [0.15, 0.2) is 5.96 Å². The number of nitrogens with zero attached hydrogens (tertiary/aromatic N) is 4. The van der Waals surface area contributed by atoms with Crippen LogP contribution in [0.4, 0.5) is 0 Å². The number of carbonyl (C=O) groups excluding carboxylic acids is 1. The molecule has 0 unspecified atom stereocenters. The molecule has 1 heterocycles. The average Bonchev–Trinajstić information content (AvgIpc) is 3.23. The molecule has 2 N–H and O–H groups in total. The smallest absolute Gasteiger partial charge is 0.253 e. The summed E-state index contributed by atoms with van der Waals surface area (Å²) in [5.74, 6) is 1.47. The molecule has 0 radical (unpaired) electrons. The van der Waals surface area contributed by atoms with Crippen LogP contribution in [-0.4, -0.2) is 48.1 Å². The van der Waals surface area contributed by atoms with E-state index in [9.17, 15) is 4.79 Å². The average molecular weight is 427 g/mol. The fourth-order valence-corrected chi connectivity index (χ4v) is 2.85. The molecule has 1 amide bonds. The van der Waals surface area contributed by atoms with E-state index in [-0.39, 0.29) is 5.91 Å². The standard InChI is InChI=1S/C21H23ClN6O2/c1-23-21(24-12-14-7-9-15(10-8-14)20(29)28(2)3)25-13-18-26-19(27-30-18)16-5-4-6-17(22)11-16/h4-11H,12-13H2,1-3H3,(H2,23,24,25). The summed E-state index contributed by atoms with van der Waals surface area (Å²) in [6, 6.07) is 14.7. The Bertz CT molecular complexity index is 1030. The van der Waals surface area contributed by atoms with Crippen LogP contribution in [0.1, 0.15) is 21.8 Å². The van der Waals surface area contributed by atoms with E-state index in [1.54, 1.807) is 38.2 Å². The lowest BCUT2D eigenvalue weighted by Crippen LogP contribution is -2.36. The highest BCUT2D eigenvalue weighted by Gasteiger charge is 2.10. The summed E-state index contributed by atoms with van der Waals surface area (Å²) in [4.78, 5) is 22.1. The maximum Gasteiger partial charge on any atom is 0.253 e. The molecule has 0 fully saturated rings. The van der Waals surface area contributed by atoms with E-state index in [1.165, 1.54) is 0 Å². The van der Waals surface area contributed by atoms with Gasteiger partial charge in [0.1, 0.15) is 0 Å². The van der Waals surface area contributed by atoms with Crippen LogP contribution >= 0.6 is 11.6 Å². The molecule has 156 valence electrons. The molecule has 0 bridgehead atoms. The van der Waals surface area contributed by atoms with Crippen molar-refractivity contribution in [3.05, 3.63) is 70.6 Å². The minimum Gasteiger partial charge on any atom is -0.352 e. The molecule has 0 saturated carbocycles. The quantitative estimate of drug-likeness (QED) is 0.464. The number of benzene rings is 2. The van der Waals surface area contributed by atoms with Gasteiger partial charge in [0.25, 0.3) is 5.91 Å². The van der Waals surface area contributed by atoms with Gasteiger partial charge in [0, 0.05) is 43.8 Å². The minimum atomic E-state index is -0.0244. The lowest BCUT2D eigenvalue weighted by atomic mass is 10.1. The molecule has 8 nitrogen and oxygen atoms in total. The number of hydrogen-bond acceptors (Lipinski definition) is 5. The van der Waals surface area contributed by atoms with Crippen LogP contribution < -0.4 is 10.6 Å². The number of nitrogens with one attached hydrogen (secondary N) is 2. The molecule has 0 saturated heterocycles. The number of aliphatic imine (C=N–C) groups is 1. The van der Waals surface area contributed by atoms with Crippen molar-refractivity contribution in [2.45, 2.75) is 13.1 Å². The molecule has 0 aliphatic rings. The first-order valence-corrected chi connectivity index (χ1v) is 9.67. The Balaban J connectivity index is 1.52. The van der Waals surface area contributed by atoms with Gasteiger partial charge in [-0.05, 0) is 29.8 Å². The number of aromatic nitrogens is 2. The molecular weight excluding hydrogens is 404 g/mol. The second kappa shape index (κ2) is 9.89. The molecule has 2 aromatic carbocycles. The monoisotopic (exact) mass is 426 g/mol. The molecule has 0 spiro atoms. The molecule has 0 atom stereocenters. The minimum absolute atomic E-state index is 0.0244. The van der Waals surface area contributed by atoms with Gasteiger partial charge in [-0.3, -0.25) is 9.79 Å². The van der Waals surface area contributed by atoms with Gasteiger partial charge in [-0.2, -0.15) is 4.98 Å². The normalized spacial score (nSPS) is 11.3. The number of hydrogen-bond donors (Lipinski definition) is 2. The topological polar surface area (TPSA) is 95.7 Å². The van der Waals surface area contributed by atoms with Crippen molar-refractivity contribution in [1.82, 2.24) is 25.7 Å². The van der Waals surface area contributed by atoms with Gasteiger partial charge >= 0.3 is 0 Å². The fourth-order valence-electron chi connectivity index (χ4n) is 2.66. The third kappa shape index (κ3) is 5.57. The molecule has 1 aromatic heterocycles. The number of guanidine groups is 1. The summed E-state index contributed by atoms with van der Waals surface area (Å²) >= 11 is 6.00. The summed E-state index contributed by atoms with van der Waals surface area (Å²) in [5, 5.41) is 10.9. The Morgan fingerprint density at radius 2 is 1.87 bits per heavy atom. The summed E-state index contributed by atoms with van der Waals surface area (Å²) in [7, 11) is 5.14. The van der Waals surface area contributed by atoms with E-state index in [2.05, 4.69) is 25.8 Å². The highest BCUT2D eigenvalue weighted by molar-refractivity contribution is 6.30. The van der Waals surface area contributed by atoms with Gasteiger partial charge in [0.2, 0.25) is 11.7 Å². The molecule has 0 aliphatic carbocycles. The summed E-state index contributed by atoms with van der Waals surface area (Å²) in [5.41, 5.74) is 2.46. The predicted octanol–water partition coefficient (Wildman–Crippen LogP) is 2.96. The van der Waals surface area contributed by atoms with E-state index in [0.29, 0.717) is 41.4 Å². The van der Waals surface area contributed by atoms with Crippen LogP contribution in [-0.2, 0) is 13.1 Å². The Hall–Kier alpha value is -3.39. The predicted molar refractivity (Wildman–Crippen MR) is 116 cm³/mol. The molecule has 30 heavy (non-hydrogen) atoms. The number of carbonyl (C=O) groups is 1.